The Morgan fingerprint density at radius 3 is 2.53 bits per heavy atom. The standard InChI is InChI=1S/C23H21N5O2S2/c1-3-16-9-11-18(12-10-16)32(29,30)23-22-25-21(24-15(2)17-7-5-4-6-8-17)20-19(13-14-31-20)28(22)27-26-23/h4-15H,3H2,1-2H3,(H,24,25). The van der Waals surface area contributed by atoms with Gasteiger partial charge in [0, 0.05) is 6.04 Å². The lowest BCUT2D eigenvalue weighted by molar-refractivity contribution is 0.592. The van der Waals surface area contributed by atoms with Gasteiger partial charge in [-0.1, -0.05) is 54.6 Å². The molecular weight excluding hydrogens is 442 g/mol. The van der Waals surface area contributed by atoms with E-state index in [0.29, 0.717) is 5.82 Å². The Labute approximate surface area is 189 Å². The molecular formula is C23H21N5O2S2. The number of hydrogen-bond donors (Lipinski definition) is 1. The molecule has 32 heavy (non-hydrogen) atoms. The zero-order chi connectivity index (χ0) is 22.3. The van der Waals surface area contributed by atoms with E-state index in [4.69, 9.17) is 0 Å². The summed E-state index contributed by atoms with van der Waals surface area (Å²) in [4.78, 5) is 4.86. The molecule has 0 saturated carbocycles. The van der Waals surface area contributed by atoms with E-state index in [1.807, 2.05) is 67.8 Å². The van der Waals surface area contributed by atoms with Gasteiger partial charge in [-0.3, -0.25) is 0 Å². The smallest absolute Gasteiger partial charge is 0.229 e. The Morgan fingerprint density at radius 2 is 1.81 bits per heavy atom. The molecule has 1 unspecified atom stereocenters. The fourth-order valence-corrected chi connectivity index (χ4v) is 5.70. The molecule has 5 aromatic rings. The number of aryl methyl sites for hydroxylation is 1. The average molecular weight is 464 g/mol. The summed E-state index contributed by atoms with van der Waals surface area (Å²) in [5.41, 5.74) is 3.14. The summed E-state index contributed by atoms with van der Waals surface area (Å²) < 4.78 is 29.1. The second-order valence-corrected chi connectivity index (χ2v) is 10.3. The van der Waals surface area contributed by atoms with Crippen LogP contribution in [0, 0.1) is 0 Å². The fourth-order valence-electron chi connectivity index (χ4n) is 3.64. The molecule has 1 N–H and O–H groups in total. The summed E-state index contributed by atoms with van der Waals surface area (Å²) >= 11 is 1.52. The molecule has 9 heteroatoms. The van der Waals surface area contributed by atoms with Crippen LogP contribution in [0.4, 0.5) is 5.82 Å². The lowest BCUT2D eigenvalue weighted by Gasteiger charge is -2.15. The molecule has 0 aliphatic carbocycles. The van der Waals surface area contributed by atoms with Crippen molar-refractivity contribution in [3.63, 3.8) is 0 Å². The van der Waals surface area contributed by atoms with Crippen molar-refractivity contribution in [2.24, 2.45) is 0 Å². The van der Waals surface area contributed by atoms with Gasteiger partial charge in [-0.2, -0.15) is 4.52 Å². The van der Waals surface area contributed by atoms with Crippen LogP contribution < -0.4 is 5.32 Å². The predicted molar refractivity (Wildman–Crippen MR) is 126 cm³/mol. The number of nitrogens with one attached hydrogen (secondary N) is 1. The van der Waals surface area contributed by atoms with Crippen LogP contribution >= 0.6 is 11.3 Å². The first kappa shape index (κ1) is 20.6. The molecule has 162 valence electrons. The highest BCUT2D eigenvalue weighted by atomic mass is 32.2. The maximum absolute atomic E-state index is 13.4. The lowest BCUT2D eigenvalue weighted by Crippen LogP contribution is -2.10. The largest absolute Gasteiger partial charge is 0.362 e. The minimum atomic E-state index is -3.88. The topological polar surface area (TPSA) is 89.2 Å². The van der Waals surface area contributed by atoms with Crippen LogP contribution in [0.15, 0.2) is 76.0 Å². The third kappa shape index (κ3) is 3.43. The second-order valence-electron chi connectivity index (χ2n) is 7.50. The van der Waals surface area contributed by atoms with E-state index in [1.54, 1.807) is 12.1 Å². The highest BCUT2D eigenvalue weighted by Gasteiger charge is 2.27. The number of benzene rings is 2. The Balaban J connectivity index is 1.64. The summed E-state index contributed by atoms with van der Waals surface area (Å²) in [6.07, 6.45) is 0.835. The third-order valence-corrected chi connectivity index (χ3v) is 8.05. The van der Waals surface area contributed by atoms with Crippen molar-refractivity contribution < 1.29 is 8.42 Å². The highest BCUT2D eigenvalue weighted by Crippen LogP contribution is 2.33. The van der Waals surface area contributed by atoms with E-state index in [9.17, 15) is 8.42 Å². The van der Waals surface area contributed by atoms with E-state index in [2.05, 4.69) is 20.6 Å². The van der Waals surface area contributed by atoms with Crippen molar-refractivity contribution in [2.75, 3.05) is 5.32 Å². The number of aromatic nitrogens is 4. The monoisotopic (exact) mass is 463 g/mol. The summed E-state index contributed by atoms with van der Waals surface area (Å²) in [5, 5.41) is 13.4. The van der Waals surface area contributed by atoms with E-state index in [-0.39, 0.29) is 21.6 Å². The fraction of sp³-hybridized carbons (Fsp3) is 0.174. The minimum absolute atomic E-state index is 0.0195. The predicted octanol–water partition coefficient (Wildman–Crippen LogP) is 4.91. The van der Waals surface area contributed by atoms with Gasteiger partial charge in [0.2, 0.25) is 14.9 Å². The van der Waals surface area contributed by atoms with E-state index in [1.165, 1.54) is 15.9 Å². The molecule has 0 saturated heterocycles. The first-order chi connectivity index (χ1) is 15.5. The normalized spacial score (nSPS) is 12.9. The van der Waals surface area contributed by atoms with Gasteiger partial charge >= 0.3 is 0 Å². The SMILES string of the molecule is CCc1ccc(S(=O)(=O)c2nnn3c2nc(NC(C)c2ccccc2)c2sccc23)cc1. The Kier molecular flexibility index (Phi) is 5.15. The molecule has 2 aromatic carbocycles. The van der Waals surface area contributed by atoms with Crippen LogP contribution in [-0.2, 0) is 16.3 Å². The first-order valence-corrected chi connectivity index (χ1v) is 12.6. The molecule has 0 radical (unpaired) electrons. The molecule has 0 amide bonds. The molecule has 5 rings (SSSR count). The molecule has 0 fully saturated rings. The average Bonchev–Trinajstić information content (AvgIpc) is 3.47. The van der Waals surface area contributed by atoms with Crippen LogP contribution in [0.3, 0.4) is 0 Å². The van der Waals surface area contributed by atoms with Gasteiger partial charge in [0.15, 0.2) is 5.65 Å². The van der Waals surface area contributed by atoms with Crippen molar-refractivity contribution in [1.29, 1.82) is 0 Å². The maximum atomic E-state index is 13.4. The van der Waals surface area contributed by atoms with Crippen LogP contribution in [-0.4, -0.2) is 28.2 Å². The van der Waals surface area contributed by atoms with Crippen molar-refractivity contribution >= 4 is 42.9 Å². The van der Waals surface area contributed by atoms with Crippen molar-refractivity contribution in [2.45, 2.75) is 36.2 Å². The molecule has 0 bridgehead atoms. The van der Waals surface area contributed by atoms with Crippen molar-refractivity contribution in [1.82, 2.24) is 19.8 Å². The molecule has 1 atom stereocenters. The molecule has 0 aliphatic heterocycles. The van der Waals surface area contributed by atoms with Crippen LogP contribution in [0.1, 0.15) is 31.0 Å². The molecule has 3 aromatic heterocycles. The van der Waals surface area contributed by atoms with Crippen LogP contribution in [0.25, 0.3) is 15.9 Å². The number of rotatable bonds is 6. The number of sulfone groups is 1. The van der Waals surface area contributed by atoms with Gasteiger partial charge in [-0.15, -0.1) is 16.4 Å². The maximum Gasteiger partial charge on any atom is 0.229 e. The Hall–Kier alpha value is -3.30. The van der Waals surface area contributed by atoms with Gasteiger partial charge in [0.25, 0.3) is 0 Å². The summed E-state index contributed by atoms with van der Waals surface area (Å²) in [7, 11) is -3.88. The molecule has 0 aliphatic rings. The van der Waals surface area contributed by atoms with E-state index in [0.717, 1.165) is 27.8 Å². The Bertz CT molecular complexity index is 1510. The first-order valence-electron chi connectivity index (χ1n) is 10.3. The summed E-state index contributed by atoms with van der Waals surface area (Å²) in [6.45, 7) is 4.07. The van der Waals surface area contributed by atoms with E-state index < -0.39 is 9.84 Å². The van der Waals surface area contributed by atoms with Gasteiger partial charge < -0.3 is 5.32 Å². The lowest BCUT2D eigenvalue weighted by atomic mass is 10.1. The van der Waals surface area contributed by atoms with Gasteiger partial charge in [-0.05, 0) is 48.1 Å². The summed E-state index contributed by atoms with van der Waals surface area (Å²) in [6, 6.07) is 18.8. The summed E-state index contributed by atoms with van der Waals surface area (Å²) in [5.74, 6) is 0.610. The van der Waals surface area contributed by atoms with Crippen molar-refractivity contribution in [3.05, 3.63) is 77.2 Å². The Morgan fingerprint density at radius 1 is 1.06 bits per heavy atom. The molecule has 3 heterocycles. The molecule has 7 nitrogen and oxygen atoms in total. The minimum Gasteiger partial charge on any atom is -0.362 e. The number of anilines is 1. The highest BCUT2D eigenvalue weighted by molar-refractivity contribution is 7.91. The van der Waals surface area contributed by atoms with Gasteiger partial charge in [0.05, 0.1) is 15.1 Å². The molecule has 0 spiro atoms. The number of fused-ring (bicyclic) bond motifs is 3. The second kappa shape index (κ2) is 7.99. The van der Waals surface area contributed by atoms with Crippen molar-refractivity contribution in [3.8, 4) is 0 Å². The third-order valence-electron chi connectivity index (χ3n) is 5.47. The zero-order valence-electron chi connectivity index (χ0n) is 17.6. The number of hydrogen-bond acceptors (Lipinski definition) is 7. The zero-order valence-corrected chi connectivity index (χ0v) is 19.2. The van der Waals surface area contributed by atoms with Crippen LogP contribution in [0.2, 0.25) is 0 Å². The number of nitrogens with zero attached hydrogens (tertiary/aromatic N) is 4. The van der Waals surface area contributed by atoms with Crippen LogP contribution in [0.5, 0.6) is 0 Å². The van der Waals surface area contributed by atoms with Gasteiger partial charge in [-0.25, -0.2) is 13.4 Å². The number of thiophene rings is 1. The van der Waals surface area contributed by atoms with Gasteiger partial charge in [0.1, 0.15) is 5.82 Å². The quantitative estimate of drug-likeness (QED) is 0.385. The van der Waals surface area contributed by atoms with E-state index >= 15 is 0 Å².